The van der Waals surface area contributed by atoms with Crippen LogP contribution in [-0.4, -0.2) is 54.3 Å². The number of thiophene rings is 1. The molecule has 0 amide bonds. The number of rotatable bonds is 9. The van der Waals surface area contributed by atoms with Crippen LogP contribution < -0.4 is 5.56 Å². The van der Waals surface area contributed by atoms with Gasteiger partial charge in [-0.25, -0.2) is 9.78 Å². The molecule has 0 fully saturated rings. The van der Waals surface area contributed by atoms with E-state index in [1.54, 1.807) is 15.9 Å². The molecule has 2 aromatic rings. The van der Waals surface area contributed by atoms with E-state index in [1.165, 1.54) is 4.88 Å². The number of aromatic nitrogens is 2. The van der Waals surface area contributed by atoms with Crippen LogP contribution in [0, 0.1) is 5.92 Å². The molecule has 0 saturated carbocycles. The van der Waals surface area contributed by atoms with Crippen LogP contribution in [0.15, 0.2) is 4.79 Å². The van der Waals surface area contributed by atoms with Crippen molar-refractivity contribution in [1.82, 2.24) is 14.5 Å². The first-order valence-corrected chi connectivity index (χ1v) is 11.6. The van der Waals surface area contributed by atoms with Crippen LogP contribution in [0.5, 0.6) is 0 Å². The molecule has 0 saturated heterocycles. The Morgan fingerprint density at radius 3 is 2.77 bits per heavy atom. The standard InChI is InChI=1S/C22H33N3O4S/c1-6-16(22(27)29-11-10-28-7-2)25-18(13-24(4)5)23-20-19(21(25)26)15-9-8-14(3)12-17(15)30-20/h14,16H,6-13H2,1-5H3. The Labute approximate surface area is 182 Å². The number of aryl methyl sites for hydroxylation is 1. The minimum atomic E-state index is -0.691. The van der Waals surface area contributed by atoms with Crippen molar-refractivity contribution in [3.8, 4) is 0 Å². The summed E-state index contributed by atoms with van der Waals surface area (Å²) in [5.74, 6) is 0.827. The maximum atomic E-state index is 13.7. The lowest BCUT2D eigenvalue weighted by Crippen LogP contribution is -2.36. The van der Waals surface area contributed by atoms with Crippen LogP contribution >= 0.6 is 11.3 Å². The van der Waals surface area contributed by atoms with Gasteiger partial charge >= 0.3 is 5.97 Å². The fraction of sp³-hybridized carbons (Fsp3) is 0.682. The summed E-state index contributed by atoms with van der Waals surface area (Å²) in [6.07, 6.45) is 3.43. The van der Waals surface area contributed by atoms with Gasteiger partial charge in [0.05, 0.1) is 18.5 Å². The van der Waals surface area contributed by atoms with E-state index < -0.39 is 12.0 Å². The van der Waals surface area contributed by atoms with Gasteiger partial charge < -0.3 is 14.4 Å². The van der Waals surface area contributed by atoms with Gasteiger partial charge in [0.2, 0.25) is 0 Å². The number of fused-ring (bicyclic) bond motifs is 3. The molecule has 7 nitrogen and oxygen atoms in total. The molecule has 0 radical (unpaired) electrons. The maximum Gasteiger partial charge on any atom is 0.329 e. The zero-order chi connectivity index (χ0) is 21.8. The van der Waals surface area contributed by atoms with E-state index in [1.807, 2.05) is 32.8 Å². The number of nitrogens with zero attached hydrogens (tertiary/aromatic N) is 3. The van der Waals surface area contributed by atoms with Crippen molar-refractivity contribution in [2.75, 3.05) is 33.9 Å². The molecule has 0 bridgehead atoms. The second kappa shape index (κ2) is 10.0. The average molecular weight is 436 g/mol. The molecule has 1 aliphatic carbocycles. The van der Waals surface area contributed by atoms with E-state index >= 15 is 0 Å². The molecule has 2 atom stereocenters. The summed E-state index contributed by atoms with van der Waals surface area (Å²) in [5.41, 5.74) is 1.02. The van der Waals surface area contributed by atoms with Crippen molar-refractivity contribution in [2.24, 2.45) is 5.92 Å². The van der Waals surface area contributed by atoms with Gasteiger partial charge in [0.25, 0.3) is 5.56 Å². The van der Waals surface area contributed by atoms with Gasteiger partial charge in [-0.15, -0.1) is 11.3 Å². The fourth-order valence-electron chi connectivity index (χ4n) is 4.06. The molecule has 166 valence electrons. The fourth-order valence-corrected chi connectivity index (χ4v) is 5.45. The molecule has 30 heavy (non-hydrogen) atoms. The van der Waals surface area contributed by atoms with E-state index in [0.717, 1.165) is 29.7 Å². The van der Waals surface area contributed by atoms with Gasteiger partial charge in [0, 0.05) is 11.5 Å². The van der Waals surface area contributed by atoms with E-state index in [2.05, 4.69) is 6.92 Å². The third kappa shape index (κ3) is 4.76. The van der Waals surface area contributed by atoms with Crippen LogP contribution in [0.3, 0.4) is 0 Å². The molecular weight excluding hydrogens is 402 g/mol. The molecule has 8 heteroatoms. The van der Waals surface area contributed by atoms with Crippen LogP contribution in [0.25, 0.3) is 10.2 Å². The second-order valence-corrected chi connectivity index (χ2v) is 9.34. The van der Waals surface area contributed by atoms with Gasteiger partial charge in [-0.2, -0.15) is 0 Å². The van der Waals surface area contributed by atoms with Gasteiger partial charge in [-0.1, -0.05) is 13.8 Å². The predicted molar refractivity (Wildman–Crippen MR) is 119 cm³/mol. The monoisotopic (exact) mass is 435 g/mol. The van der Waals surface area contributed by atoms with Crippen LogP contribution in [-0.2, 0) is 33.7 Å². The largest absolute Gasteiger partial charge is 0.462 e. The van der Waals surface area contributed by atoms with Gasteiger partial charge in [-0.3, -0.25) is 9.36 Å². The summed E-state index contributed by atoms with van der Waals surface area (Å²) in [6.45, 7) is 7.63. The highest BCUT2D eigenvalue weighted by Gasteiger charge is 2.29. The molecule has 0 aromatic carbocycles. The molecule has 3 rings (SSSR count). The van der Waals surface area contributed by atoms with Crippen molar-refractivity contribution < 1.29 is 14.3 Å². The van der Waals surface area contributed by atoms with Gasteiger partial charge in [0.1, 0.15) is 23.3 Å². The number of hydrogen-bond donors (Lipinski definition) is 0. The minimum absolute atomic E-state index is 0.113. The van der Waals surface area contributed by atoms with E-state index in [4.69, 9.17) is 14.5 Å². The summed E-state index contributed by atoms with van der Waals surface area (Å²) in [6, 6.07) is -0.691. The van der Waals surface area contributed by atoms with Crippen LogP contribution in [0.2, 0.25) is 0 Å². The Morgan fingerprint density at radius 2 is 2.10 bits per heavy atom. The number of ether oxygens (including phenoxy) is 2. The Bertz CT molecular complexity index is 950. The summed E-state index contributed by atoms with van der Waals surface area (Å²) < 4.78 is 12.3. The lowest BCUT2D eigenvalue weighted by Gasteiger charge is -2.22. The van der Waals surface area contributed by atoms with E-state index in [0.29, 0.717) is 43.3 Å². The average Bonchev–Trinajstić information content (AvgIpc) is 3.04. The summed E-state index contributed by atoms with van der Waals surface area (Å²) in [5, 5.41) is 0.699. The molecule has 2 heterocycles. The minimum Gasteiger partial charge on any atom is -0.462 e. The first-order chi connectivity index (χ1) is 14.4. The zero-order valence-corrected chi connectivity index (χ0v) is 19.5. The SMILES string of the molecule is CCOCCOC(=O)C(CC)n1c(CN(C)C)nc2sc3c(c2c1=O)CCC(C)C3. The Kier molecular flexibility index (Phi) is 7.65. The van der Waals surface area contributed by atoms with Crippen molar-refractivity contribution >= 4 is 27.5 Å². The zero-order valence-electron chi connectivity index (χ0n) is 18.7. The lowest BCUT2D eigenvalue weighted by molar-refractivity contribution is -0.149. The summed E-state index contributed by atoms with van der Waals surface area (Å²) in [4.78, 5) is 35.5. The maximum absolute atomic E-state index is 13.7. The highest BCUT2D eigenvalue weighted by atomic mass is 32.1. The molecule has 0 aliphatic heterocycles. The highest BCUT2D eigenvalue weighted by Crippen LogP contribution is 2.36. The first kappa shape index (κ1) is 22.9. The van der Waals surface area contributed by atoms with Gasteiger partial charge in [0.15, 0.2) is 0 Å². The first-order valence-electron chi connectivity index (χ1n) is 10.8. The third-order valence-corrected chi connectivity index (χ3v) is 6.69. The van der Waals surface area contributed by atoms with E-state index in [9.17, 15) is 9.59 Å². The second-order valence-electron chi connectivity index (χ2n) is 8.26. The molecule has 0 N–H and O–H groups in total. The normalized spacial score (nSPS) is 17.3. The highest BCUT2D eigenvalue weighted by molar-refractivity contribution is 7.18. The Balaban J connectivity index is 2.07. The van der Waals surface area contributed by atoms with Crippen LogP contribution in [0.1, 0.15) is 55.9 Å². The van der Waals surface area contributed by atoms with Crippen molar-refractivity contribution in [1.29, 1.82) is 0 Å². The summed E-state index contributed by atoms with van der Waals surface area (Å²) in [7, 11) is 3.87. The Hall–Kier alpha value is -1.77. The topological polar surface area (TPSA) is 73.7 Å². The van der Waals surface area contributed by atoms with E-state index in [-0.39, 0.29) is 12.2 Å². The predicted octanol–water partition coefficient (Wildman–Crippen LogP) is 3.18. The molecule has 2 aromatic heterocycles. The summed E-state index contributed by atoms with van der Waals surface area (Å²) >= 11 is 1.64. The Morgan fingerprint density at radius 1 is 1.33 bits per heavy atom. The molecule has 2 unspecified atom stereocenters. The number of carbonyl (C=O) groups excluding carboxylic acids is 1. The van der Waals surface area contributed by atoms with Crippen LogP contribution in [0.4, 0.5) is 0 Å². The third-order valence-electron chi connectivity index (χ3n) is 5.54. The van der Waals surface area contributed by atoms with Crippen molar-refractivity contribution in [3.05, 3.63) is 26.6 Å². The van der Waals surface area contributed by atoms with Crippen molar-refractivity contribution in [3.63, 3.8) is 0 Å². The number of hydrogen-bond acceptors (Lipinski definition) is 7. The van der Waals surface area contributed by atoms with Gasteiger partial charge in [-0.05, 0) is 58.2 Å². The quantitative estimate of drug-likeness (QED) is 0.445. The molecule has 1 aliphatic rings. The number of carbonyl (C=O) groups is 1. The molecule has 0 spiro atoms. The number of esters is 1. The smallest absolute Gasteiger partial charge is 0.329 e. The molecular formula is C22H33N3O4S. The lowest BCUT2D eigenvalue weighted by atomic mass is 9.89. The van der Waals surface area contributed by atoms with Crippen molar-refractivity contribution in [2.45, 2.75) is 59.0 Å².